The van der Waals surface area contributed by atoms with Crippen LogP contribution in [0.3, 0.4) is 0 Å². The molecular weight excluding hydrogens is 344 g/mol. The van der Waals surface area contributed by atoms with Gasteiger partial charge in [-0.25, -0.2) is 5.01 Å². The second-order valence-corrected chi connectivity index (χ2v) is 5.97. The fourth-order valence-corrected chi connectivity index (χ4v) is 2.63. The highest BCUT2D eigenvalue weighted by molar-refractivity contribution is 6.40. The van der Waals surface area contributed by atoms with E-state index in [2.05, 4.69) is 15.7 Å². The van der Waals surface area contributed by atoms with Crippen LogP contribution in [0, 0.1) is 0 Å². The SMILES string of the molecule is O=C(NCCNC(=O)c1ccccc1)C1=NN(c2ccccc2)C(=O)CC1. The number of hydrogen-bond donors (Lipinski definition) is 2. The van der Waals surface area contributed by atoms with Crippen LogP contribution in [0.25, 0.3) is 0 Å². The summed E-state index contributed by atoms with van der Waals surface area (Å²) in [5.41, 5.74) is 1.49. The van der Waals surface area contributed by atoms with E-state index in [-0.39, 0.29) is 30.7 Å². The van der Waals surface area contributed by atoms with E-state index in [9.17, 15) is 14.4 Å². The van der Waals surface area contributed by atoms with Crippen LogP contribution in [-0.2, 0) is 9.59 Å². The minimum atomic E-state index is -0.336. The molecule has 2 aromatic carbocycles. The predicted octanol–water partition coefficient (Wildman–Crippen LogP) is 1.72. The van der Waals surface area contributed by atoms with Crippen molar-refractivity contribution in [2.45, 2.75) is 12.8 Å². The Kier molecular flexibility index (Phi) is 5.94. The Labute approximate surface area is 157 Å². The molecule has 2 aromatic rings. The maximum atomic E-state index is 12.3. The number of rotatable bonds is 6. The van der Waals surface area contributed by atoms with Crippen LogP contribution in [0.15, 0.2) is 65.8 Å². The van der Waals surface area contributed by atoms with Crippen LogP contribution in [0.1, 0.15) is 23.2 Å². The van der Waals surface area contributed by atoms with Gasteiger partial charge in [-0.1, -0.05) is 36.4 Å². The molecule has 2 N–H and O–H groups in total. The molecule has 0 aliphatic carbocycles. The van der Waals surface area contributed by atoms with Crippen LogP contribution < -0.4 is 15.6 Å². The predicted molar refractivity (Wildman–Crippen MR) is 102 cm³/mol. The molecule has 27 heavy (non-hydrogen) atoms. The highest BCUT2D eigenvalue weighted by atomic mass is 16.2. The molecule has 1 aliphatic rings. The Morgan fingerprint density at radius 1 is 0.852 bits per heavy atom. The van der Waals surface area contributed by atoms with Gasteiger partial charge in [0.1, 0.15) is 5.71 Å². The molecule has 3 rings (SSSR count). The Morgan fingerprint density at radius 2 is 1.44 bits per heavy atom. The number of anilines is 1. The summed E-state index contributed by atoms with van der Waals surface area (Å²) >= 11 is 0. The maximum absolute atomic E-state index is 12.3. The minimum Gasteiger partial charge on any atom is -0.350 e. The number of hydrogen-bond acceptors (Lipinski definition) is 4. The largest absolute Gasteiger partial charge is 0.350 e. The third-order valence-electron chi connectivity index (χ3n) is 4.03. The van der Waals surface area contributed by atoms with E-state index in [4.69, 9.17) is 0 Å². The lowest BCUT2D eigenvalue weighted by Crippen LogP contribution is -2.41. The molecule has 1 heterocycles. The highest BCUT2D eigenvalue weighted by Crippen LogP contribution is 2.19. The molecule has 0 spiro atoms. The molecule has 7 heteroatoms. The lowest BCUT2D eigenvalue weighted by Gasteiger charge is -2.23. The van der Waals surface area contributed by atoms with E-state index in [0.717, 1.165) is 0 Å². The average Bonchev–Trinajstić information content (AvgIpc) is 2.72. The molecule has 138 valence electrons. The summed E-state index contributed by atoms with van der Waals surface area (Å²) in [6.45, 7) is 0.573. The summed E-state index contributed by atoms with van der Waals surface area (Å²) in [7, 11) is 0. The van der Waals surface area contributed by atoms with Crippen molar-refractivity contribution < 1.29 is 14.4 Å². The monoisotopic (exact) mass is 364 g/mol. The third-order valence-corrected chi connectivity index (χ3v) is 4.03. The van der Waals surface area contributed by atoms with Gasteiger partial charge in [0.25, 0.3) is 11.8 Å². The van der Waals surface area contributed by atoms with Crippen LogP contribution in [-0.4, -0.2) is 36.5 Å². The van der Waals surface area contributed by atoms with Gasteiger partial charge in [-0.05, 0) is 24.3 Å². The Bertz CT molecular complexity index is 850. The Hall–Kier alpha value is -3.48. The number of nitrogens with one attached hydrogen (secondary N) is 2. The fourth-order valence-electron chi connectivity index (χ4n) is 2.63. The second-order valence-electron chi connectivity index (χ2n) is 5.97. The van der Waals surface area contributed by atoms with Crippen molar-refractivity contribution >= 4 is 29.1 Å². The van der Waals surface area contributed by atoms with Gasteiger partial charge in [0.15, 0.2) is 0 Å². The highest BCUT2D eigenvalue weighted by Gasteiger charge is 2.25. The van der Waals surface area contributed by atoms with Gasteiger partial charge in [-0.3, -0.25) is 14.4 Å². The molecular formula is C20H20N4O3. The number of hydrazone groups is 1. The topological polar surface area (TPSA) is 90.9 Å². The maximum Gasteiger partial charge on any atom is 0.267 e. The van der Waals surface area contributed by atoms with Crippen molar-refractivity contribution in [3.63, 3.8) is 0 Å². The average molecular weight is 364 g/mol. The number of carbonyl (C=O) groups excluding carboxylic acids is 3. The molecule has 1 aliphatic heterocycles. The van der Waals surface area contributed by atoms with Gasteiger partial charge in [-0.15, -0.1) is 0 Å². The summed E-state index contributed by atoms with van der Waals surface area (Å²) in [6.07, 6.45) is 0.524. The Morgan fingerprint density at radius 3 is 2.11 bits per heavy atom. The summed E-state index contributed by atoms with van der Waals surface area (Å²) in [5.74, 6) is -0.675. The summed E-state index contributed by atoms with van der Waals surface area (Å²) in [5, 5.41) is 10.9. The quantitative estimate of drug-likeness (QED) is 0.765. The Balaban J connectivity index is 1.52. The molecule has 0 saturated heterocycles. The summed E-state index contributed by atoms with van der Waals surface area (Å²) < 4.78 is 0. The molecule has 3 amide bonds. The first-order valence-corrected chi connectivity index (χ1v) is 8.72. The van der Waals surface area contributed by atoms with Crippen LogP contribution in [0.5, 0.6) is 0 Å². The molecule has 0 radical (unpaired) electrons. The van der Waals surface area contributed by atoms with E-state index in [1.807, 2.05) is 24.3 Å². The fraction of sp³-hybridized carbons (Fsp3) is 0.200. The molecule has 0 bridgehead atoms. The zero-order chi connectivity index (χ0) is 19.1. The minimum absolute atomic E-state index is 0.145. The van der Waals surface area contributed by atoms with Crippen LogP contribution >= 0.6 is 0 Å². The van der Waals surface area contributed by atoms with E-state index < -0.39 is 0 Å². The standard InChI is InChI=1S/C20H20N4O3/c25-18-12-11-17(23-24(18)16-9-5-2-6-10-16)20(27)22-14-13-21-19(26)15-7-3-1-4-8-15/h1-10H,11-14H2,(H,21,26)(H,22,27). The number of para-hydroxylation sites is 1. The van der Waals surface area contributed by atoms with Gasteiger partial charge >= 0.3 is 0 Å². The number of carbonyl (C=O) groups is 3. The van der Waals surface area contributed by atoms with Gasteiger partial charge < -0.3 is 10.6 Å². The molecule has 0 atom stereocenters. The summed E-state index contributed by atoms with van der Waals surface area (Å²) in [6, 6.07) is 17.9. The van der Waals surface area contributed by atoms with Crippen molar-refractivity contribution in [2.75, 3.05) is 18.1 Å². The number of amides is 3. The van der Waals surface area contributed by atoms with Gasteiger partial charge in [0.2, 0.25) is 5.91 Å². The number of benzene rings is 2. The lowest BCUT2D eigenvalue weighted by molar-refractivity contribution is -0.118. The van der Waals surface area contributed by atoms with Gasteiger partial charge in [0, 0.05) is 31.5 Å². The van der Waals surface area contributed by atoms with Crippen LogP contribution in [0.4, 0.5) is 5.69 Å². The van der Waals surface area contributed by atoms with Crippen molar-refractivity contribution in [1.29, 1.82) is 0 Å². The zero-order valence-electron chi connectivity index (χ0n) is 14.7. The molecule has 7 nitrogen and oxygen atoms in total. The lowest BCUT2D eigenvalue weighted by atomic mass is 10.1. The first-order chi connectivity index (χ1) is 13.1. The van der Waals surface area contributed by atoms with E-state index in [1.54, 1.807) is 36.4 Å². The summed E-state index contributed by atoms with van der Waals surface area (Å²) in [4.78, 5) is 36.3. The van der Waals surface area contributed by atoms with Crippen molar-refractivity contribution in [3.05, 3.63) is 66.2 Å². The molecule has 0 fully saturated rings. The third kappa shape index (κ3) is 4.78. The van der Waals surface area contributed by atoms with E-state index >= 15 is 0 Å². The van der Waals surface area contributed by atoms with Crippen molar-refractivity contribution in [3.8, 4) is 0 Å². The first kappa shape index (κ1) is 18.3. The van der Waals surface area contributed by atoms with E-state index in [0.29, 0.717) is 29.9 Å². The molecule has 0 unspecified atom stereocenters. The normalized spacial score (nSPS) is 13.7. The van der Waals surface area contributed by atoms with Crippen molar-refractivity contribution in [1.82, 2.24) is 10.6 Å². The second kappa shape index (κ2) is 8.75. The molecule has 0 saturated carbocycles. The first-order valence-electron chi connectivity index (χ1n) is 8.72. The van der Waals surface area contributed by atoms with Gasteiger partial charge in [0.05, 0.1) is 5.69 Å². The van der Waals surface area contributed by atoms with E-state index in [1.165, 1.54) is 5.01 Å². The molecule has 0 aromatic heterocycles. The van der Waals surface area contributed by atoms with Crippen LogP contribution in [0.2, 0.25) is 0 Å². The van der Waals surface area contributed by atoms with Crippen molar-refractivity contribution in [2.24, 2.45) is 5.10 Å². The zero-order valence-corrected chi connectivity index (χ0v) is 14.7. The van der Waals surface area contributed by atoms with Gasteiger partial charge in [-0.2, -0.15) is 5.10 Å². The smallest absolute Gasteiger partial charge is 0.267 e. The number of nitrogens with zero attached hydrogens (tertiary/aromatic N) is 2.